The van der Waals surface area contributed by atoms with Crippen LogP contribution in [-0.2, 0) is 19.1 Å². The molecule has 0 unspecified atom stereocenters. The zero-order valence-electron chi connectivity index (χ0n) is 17.5. The van der Waals surface area contributed by atoms with Gasteiger partial charge in [-0.1, -0.05) is 103 Å². The Morgan fingerprint density at radius 3 is 0.852 bits per heavy atom. The van der Waals surface area contributed by atoms with Crippen LogP contribution in [0, 0.1) is 0 Å². The minimum atomic E-state index is -0.453. The molecule has 1 heterocycles. The summed E-state index contributed by atoms with van der Waals surface area (Å²) in [5.74, 6) is -0.906. The summed E-state index contributed by atoms with van der Waals surface area (Å²) < 4.78 is 10.2. The highest BCUT2D eigenvalue weighted by molar-refractivity contribution is 5.91. The van der Waals surface area contributed by atoms with Gasteiger partial charge in [0.25, 0.3) is 0 Å². The number of rotatable bonds is 0. The second-order valence-electron chi connectivity index (χ2n) is 7.98. The highest BCUT2D eigenvalue weighted by Crippen LogP contribution is 2.14. The number of carbonyl (C=O) groups is 2. The Balaban J connectivity index is 2.16. The third kappa shape index (κ3) is 16.8. The number of hydrogen-bond donors (Lipinski definition) is 0. The maximum absolute atomic E-state index is 11.6. The van der Waals surface area contributed by atoms with Crippen molar-refractivity contribution in [1.82, 2.24) is 0 Å². The SMILES string of the molecule is O=C1CC(=O)OCCCCCCCCCCCCCCCCCCCCO1. The fourth-order valence-electron chi connectivity index (χ4n) is 3.62. The summed E-state index contributed by atoms with van der Waals surface area (Å²) in [5.41, 5.74) is 0. The van der Waals surface area contributed by atoms with Crippen LogP contribution in [0.3, 0.4) is 0 Å². The molecule has 0 aromatic heterocycles. The van der Waals surface area contributed by atoms with Crippen molar-refractivity contribution in [2.75, 3.05) is 13.2 Å². The molecule has 0 atom stereocenters. The van der Waals surface area contributed by atoms with E-state index in [1.54, 1.807) is 0 Å². The van der Waals surface area contributed by atoms with Gasteiger partial charge < -0.3 is 9.47 Å². The zero-order chi connectivity index (χ0) is 19.4. The average molecular weight is 383 g/mol. The molecule has 0 saturated carbocycles. The Morgan fingerprint density at radius 2 is 0.593 bits per heavy atom. The monoisotopic (exact) mass is 382 g/mol. The van der Waals surface area contributed by atoms with Crippen LogP contribution in [0.2, 0.25) is 0 Å². The number of hydrogen-bond acceptors (Lipinski definition) is 4. The first-order valence-electron chi connectivity index (χ1n) is 11.6. The van der Waals surface area contributed by atoms with E-state index in [4.69, 9.17) is 9.47 Å². The number of cyclic esters (lactones) is 2. The Bertz CT molecular complexity index is 333. The minimum absolute atomic E-state index is 0.250. The van der Waals surface area contributed by atoms with Crippen LogP contribution in [0.15, 0.2) is 0 Å². The first-order chi connectivity index (χ1) is 13.3. The van der Waals surface area contributed by atoms with Crippen molar-refractivity contribution in [3.05, 3.63) is 0 Å². The van der Waals surface area contributed by atoms with E-state index in [1.165, 1.54) is 89.9 Å². The van der Waals surface area contributed by atoms with Crippen LogP contribution in [-0.4, -0.2) is 25.2 Å². The molecular weight excluding hydrogens is 340 g/mol. The molecule has 1 rings (SSSR count). The number of carbonyl (C=O) groups excluding carboxylic acids is 2. The largest absolute Gasteiger partial charge is 0.465 e. The molecule has 1 aliphatic rings. The standard InChI is InChI=1S/C23H42O4/c24-22-21-23(25)27-20-18-16-14-12-10-8-6-4-2-1-3-5-7-9-11-13-15-17-19-26-22/h1-21H2. The van der Waals surface area contributed by atoms with Crippen LogP contribution in [0.1, 0.15) is 122 Å². The van der Waals surface area contributed by atoms with Crippen LogP contribution in [0.5, 0.6) is 0 Å². The van der Waals surface area contributed by atoms with E-state index in [1.807, 2.05) is 0 Å². The highest BCUT2D eigenvalue weighted by Gasteiger charge is 2.11. The van der Waals surface area contributed by atoms with E-state index in [9.17, 15) is 9.59 Å². The molecule has 1 aliphatic heterocycles. The molecule has 1 saturated heterocycles. The number of ether oxygens (including phenoxy) is 2. The molecule has 0 amide bonds. The minimum Gasteiger partial charge on any atom is -0.465 e. The molecule has 4 heteroatoms. The molecule has 0 radical (unpaired) electrons. The van der Waals surface area contributed by atoms with Crippen molar-refractivity contribution in [1.29, 1.82) is 0 Å². The third-order valence-corrected chi connectivity index (χ3v) is 5.35. The second-order valence-corrected chi connectivity index (χ2v) is 7.98. The molecule has 158 valence electrons. The van der Waals surface area contributed by atoms with Crippen molar-refractivity contribution in [3.8, 4) is 0 Å². The van der Waals surface area contributed by atoms with Gasteiger partial charge >= 0.3 is 11.9 Å². The Labute approximate surface area is 166 Å². The molecule has 0 aromatic rings. The summed E-state index contributed by atoms with van der Waals surface area (Å²) in [7, 11) is 0. The predicted molar refractivity (Wildman–Crippen MR) is 110 cm³/mol. The molecule has 0 aliphatic carbocycles. The van der Waals surface area contributed by atoms with Crippen molar-refractivity contribution in [3.63, 3.8) is 0 Å². The van der Waals surface area contributed by atoms with Crippen molar-refractivity contribution in [2.45, 2.75) is 122 Å². The van der Waals surface area contributed by atoms with Gasteiger partial charge in [-0.2, -0.15) is 0 Å². The summed E-state index contributed by atoms with van der Waals surface area (Å²) in [4.78, 5) is 23.2. The van der Waals surface area contributed by atoms with E-state index in [-0.39, 0.29) is 6.42 Å². The fraction of sp³-hybridized carbons (Fsp3) is 0.913. The van der Waals surface area contributed by atoms with E-state index in [0.29, 0.717) is 13.2 Å². The highest BCUT2D eigenvalue weighted by atomic mass is 16.6. The topological polar surface area (TPSA) is 52.6 Å². The van der Waals surface area contributed by atoms with Gasteiger partial charge in [0.1, 0.15) is 6.42 Å². The molecule has 0 bridgehead atoms. The first-order valence-corrected chi connectivity index (χ1v) is 11.6. The molecule has 0 aromatic carbocycles. The summed E-state index contributed by atoms with van der Waals surface area (Å²) in [6, 6.07) is 0. The van der Waals surface area contributed by atoms with Gasteiger partial charge in [-0.05, 0) is 12.8 Å². The Kier molecular flexibility index (Phi) is 16.3. The van der Waals surface area contributed by atoms with Gasteiger partial charge in [0.2, 0.25) is 0 Å². The maximum atomic E-state index is 11.6. The molecule has 27 heavy (non-hydrogen) atoms. The Hall–Kier alpha value is -1.06. The first kappa shape index (κ1) is 24.0. The van der Waals surface area contributed by atoms with E-state index in [2.05, 4.69) is 0 Å². The lowest BCUT2D eigenvalue weighted by Gasteiger charge is -2.06. The van der Waals surface area contributed by atoms with Crippen molar-refractivity contribution in [2.24, 2.45) is 0 Å². The lowest BCUT2D eigenvalue weighted by Crippen LogP contribution is -2.15. The quantitative estimate of drug-likeness (QED) is 0.354. The summed E-state index contributed by atoms with van der Waals surface area (Å²) in [5, 5.41) is 0. The van der Waals surface area contributed by atoms with Crippen molar-refractivity contribution >= 4 is 11.9 Å². The maximum Gasteiger partial charge on any atom is 0.317 e. The lowest BCUT2D eigenvalue weighted by atomic mass is 10.0. The normalized spacial score (nSPS) is 22.7. The van der Waals surface area contributed by atoms with Crippen LogP contribution >= 0.6 is 0 Å². The van der Waals surface area contributed by atoms with Gasteiger partial charge in [0.15, 0.2) is 0 Å². The van der Waals surface area contributed by atoms with E-state index >= 15 is 0 Å². The van der Waals surface area contributed by atoms with Crippen LogP contribution in [0.25, 0.3) is 0 Å². The second kappa shape index (κ2) is 18.3. The molecule has 1 fully saturated rings. The van der Waals surface area contributed by atoms with Crippen LogP contribution < -0.4 is 0 Å². The van der Waals surface area contributed by atoms with Gasteiger partial charge in [-0.25, -0.2) is 0 Å². The van der Waals surface area contributed by atoms with Crippen LogP contribution in [0.4, 0.5) is 0 Å². The summed E-state index contributed by atoms with van der Waals surface area (Å²) >= 11 is 0. The van der Waals surface area contributed by atoms with E-state index in [0.717, 1.165) is 25.7 Å². The molecule has 0 spiro atoms. The predicted octanol–water partition coefficient (Wildman–Crippen LogP) is 6.50. The van der Waals surface area contributed by atoms with E-state index < -0.39 is 11.9 Å². The smallest absolute Gasteiger partial charge is 0.317 e. The third-order valence-electron chi connectivity index (χ3n) is 5.35. The van der Waals surface area contributed by atoms with Gasteiger partial charge in [0, 0.05) is 0 Å². The molecule has 0 N–H and O–H groups in total. The number of esters is 2. The summed E-state index contributed by atoms with van der Waals surface area (Å²) in [6.45, 7) is 0.845. The summed E-state index contributed by atoms with van der Waals surface area (Å²) in [6.07, 6.45) is 22.4. The molecule has 4 nitrogen and oxygen atoms in total. The zero-order valence-corrected chi connectivity index (χ0v) is 17.5. The lowest BCUT2D eigenvalue weighted by molar-refractivity contribution is -0.154. The average Bonchev–Trinajstić information content (AvgIpc) is 2.65. The molecular formula is C23H42O4. The Morgan fingerprint density at radius 1 is 0.370 bits per heavy atom. The van der Waals surface area contributed by atoms with Gasteiger partial charge in [0.05, 0.1) is 13.2 Å². The van der Waals surface area contributed by atoms with Gasteiger partial charge in [-0.15, -0.1) is 0 Å². The van der Waals surface area contributed by atoms with Crippen molar-refractivity contribution < 1.29 is 19.1 Å². The fourth-order valence-corrected chi connectivity index (χ4v) is 3.62. The van der Waals surface area contributed by atoms with Gasteiger partial charge in [-0.3, -0.25) is 9.59 Å².